The minimum atomic E-state index is -2.92. The molecule has 2 rings (SSSR count). The fourth-order valence-corrected chi connectivity index (χ4v) is 2.76. The average molecular weight is 361 g/mol. The summed E-state index contributed by atoms with van der Waals surface area (Å²) in [6, 6.07) is 13.8. The van der Waals surface area contributed by atoms with Crippen LogP contribution in [0.4, 0.5) is 8.78 Å². The van der Waals surface area contributed by atoms with Crippen molar-refractivity contribution in [1.29, 1.82) is 0 Å². The highest BCUT2D eigenvalue weighted by Crippen LogP contribution is 2.25. The zero-order chi connectivity index (χ0) is 19.3. The molecule has 26 heavy (non-hydrogen) atoms. The molecule has 0 fully saturated rings. The van der Waals surface area contributed by atoms with Crippen molar-refractivity contribution in [2.45, 2.75) is 46.3 Å². The third kappa shape index (κ3) is 5.28. The van der Waals surface area contributed by atoms with E-state index in [1.54, 1.807) is 6.07 Å². The van der Waals surface area contributed by atoms with Gasteiger partial charge in [-0.1, -0.05) is 58.0 Å². The second-order valence-electron chi connectivity index (χ2n) is 6.92. The van der Waals surface area contributed by atoms with Crippen LogP contribution in [0, 0.1) is 5.92 Å². The molecule has 1 atom stereocenters. The van der Waals surface area contributed by atoms with Crippen LogP contribution in [0.3, 0.4) is 0 Å². The van der Waals surface area contributed by atoms with Gasteiger partial charge in [0.05, 0.1) is 6.04 Å². The summed E-state index contributed by atoms with van der Waals surface area (Å²) < 4.78 is 29.1. The van der Waals surface area contributed by atoms with Crippen molar-refractivity contribution in [2.24, 2.45) is 5.92 Å². The van der Waals surface area contributed by atoms with Gasteiger partial charge in [-0.3, -0.25) is 4.79 Å². The molecule has 0 saturated carbocycles. The topological polar surface area (TPSA) is 38.3 Å². The van der Waals surface area contributed by atoms with Crippen LogP contribution in [0.5, 0.6) is 5.75 Å². The van der Waals surface area contributed by atoms with Crippen molar-refractivity contribution in [1.82, 2.24) is 5.32 Å². The molecule has 5 heteroatoms. The first kappa shape index (κ1) is 19.9. The number of halogens is 2. The monoisotopic (exact) mass is 361 g/mol. The summed E-state index contributed by atoms with van der Waals surface area (Å²) in [4.78, 5) is 12.6. The second kappa shape index (κ2) is 8.79. The number of carbonyl (C=O) groups is 1. The van der Waals surface area contributed by atoms with Gasteiger partial charge in [-0.05, 0) is 41.2 Å². The Kier molecular flexibility index (Phi) is 6.72. The number of alkyl halides is 2. The number of carbonyl (C=O) groups excluding carboxylic acids is 1. The van der Waals surface area contributed by atoms with Gasteiger partial charge in [0.1, 0.15) is 5.75 Å². The van der Waals surface area contributed by atoms with Crippen molar-refractivity contribution in [3.05, 3.63) is 65.2 Å². The molecule has 0 spiro atoms. The quantitative estimate of drug-likeness (QED) is 0.703. The smallest absolute Gasteiger partial charge is 0.387 e. The van der Waals surface area contributed by atoms with Crippen molar-refractivity contribution >= 4 is 5.91 Å². The van der Waals surface area contributed by atoms with E-state index in [2.05, 4.69) is 36.0 Å². The fourth-order valence-electron chi connectivity index (χ4n) is 2.76. The van der Waals surface area contributed by atoms with Crippen LogP contribution in [0.1, 0.15) is 61.1 Å². The number of ether oxygens (including phenoxy) is 1. The molecule has 0 heterocycles. The van der Waals surface area contributed by atoms with Gasteiger partial charge in [0.25, 0.3) is 5.91 Å². The second-order valence-corrected chi connectivity index (χ2v) is 6.92. The Morgan fingerprint density at radius 2 is 1.58 bits per heavy atom. The highest BCUT2D eigenvalue weighted by atomic mass is 19.3. The van der Waals surface area contributed by atoms with Gasteiger partial charge in [0, 0.05) is 5.56 Å². The molecule has 0 saturated heterocycles. The highest BCUT2D eigenvalue weighted by Gasteiger charge is 2.20. The molecule has 0 aliphatic heterocycles. The normalized spacial score (nSPS) is 12.5. The Balaban J connectivity index is 2.18. The lowest BCUT2D eigenvalue weighted by Crippen LogP contribution is -2.31. The molecule has 0 aromatic heterocycles. The summed E-state index contributed by atoms with van der Waals surface area (Å²) in [6.45, 7) is 5.39. The molecule has 2 aromatic rings. The summed E-state index contributed by atoms with van der Waals surface area (Å²) in [5.41, 5.74) is 2.53. The summed E-state index contributed by atoms with van der Waals surface area (Å²) >= 11 is 0. The Hall–Kier alpha value is -2.43. The maximum atomic E-state index is 12.6. The lowest BCUT2D eigenvalue weighted by Gasteiger charge is -2.23. The maximum absolute atomic E-state index is 12.6. The van der Waals surface area contributed by atoms with Gasteiger partial charge in [-0.25, -0.2) is 0 Å². The van der Waals surface area contributed by atoms with Crippen LogP contribution in [0.15, 0.2) is 48.5 Å². The fraction of sp³-hybridized carbons (Fsp3) is 0.381. The Labute approximate surface area is 153 Å². The van der Waals surface area contributed by atoms with E-state index >= 15 is 0 Å². The predicted molar refractivity (Wildman–Crippen MR) is 98.7 cm³/mol. The van der Waals surface area contributed by atoms with Gasteiger partial charge in [-0.15, -0.1) is 0 Å². The van der Waals surface area contributed by atoms with Gasteiger partial charge >= 0.3 is 6.61 Å². The van der Waals surface area contributed by atoms with Crippen LogP contribution < -0.4 is 10.1 Å². The summed E-state index contributed by atoms with van der Waals surface area (Å²) in [5, 5.41) is 3.00. The molecule has 0 bridgehead atoms. The molecule has 140 valence electrons. The number of hydrogen-bond acceptors (Lipinski definition) is 2. The largest absolute Gasteiger partial charge is 0.435 e. The number of amides is 1. The Bertz CT molecular complexity index is 727. The van der Waals surface area contributed by atoms with E-state index in [1.165, 1.54) is 23.8 Å². The third-order valence-corrected chi connectivity index (χ3v) is 4.24. The minimum absolute atomic E-state index is 0.0324. The van der Waals surface area contributed by atoms with E-state index in [1.807, 2.05) is 26.0 Å². The van der Waals surface area contributed by atoms with Gasteiger partial charge in [0.15, 0.2) is 0 Å². The van der Waals surface area contributed by atoms with Crippen LogP contribution in [-0.4, -0.2) is 12.5 Å². The molecule has 0 radical (unpaired) electrons. The maximum Gasteiger partial charge on any atom is 0.387 e. The van der Waals surface area contributed by atoms with Crippen molar-refractivity contribution in [3.8, 4) is 5.75 Å². The minimum Gasteiger partial charge on any atom is -0.435 e. The first-order valence-electron chi connectivity index (χ1n) is 8.73. The predicted octanol–water partition coefficient (Wildman–Crippen LogP) is 5.54. The molecule has 0 unspecified atom stereocenters. The third-order valence-electron chi connectivity index (χ3n) is 4.24. The first-order valence-corrected chi connectivity index (χ1v) is 8.73. The summed E-state index contributed by atoms with van der Waals surface area (Å²) in [6.07, 6.45) is 0. The van der Waals surface area contributed by atoms with E-state index < -0.39 is 6.61 Å². The molecule has 1 N–H and O–H groups in total. The van der Waals surface area contributed by atoms with E-state index in [9.17, 15) is 13.6 Å². The zero-order valence-electron chi connectivity index (χ0n) is 15.5. The van der Waals surface area contributed by atoms with Gasteiger partial charge in [-0.2, -0.15) is 8.78 Å². The number of hydrogen-bond donors (Lipinski definition) is 1. The van der Waals surface area contributed by atoms with E-state index in [0.29, 0.717) is 5.92 Å². The molecular weight excluding hydrogens is 336 g/mol. The van der Waals surface area contributed by atoms with Crippen LogP contribution >= 0.6 is 0 Å². The number of nitrogens with one attached hydrogen (secondary N) is 1. The Morgan fingerprint density at radius 3 is 2.12 bits per heavy atom. The molecular formula is C21H25F2NO2. The summed E-state index contributed by atoms with van der Waals surface area (Å²) in [7, 11) is 0. The molecule has 2 aromatic carbocycles. The highest BCUT2D eigenvalue weighted by molar-refractivity contribution is 5.94. The van der Waals surface area contributed by atoms with Crippen molar-refractivity contribution < 1.29 is 18.3 Å². The SMILES string of the molecule is CC(C)c1ccc([C@@H](NC(=O)c2cccc(OC(F)F)c2)C(C)C)cc1. The first-order chi connectivity index (χ1) is 12.3. The lowest BCUT2D eigenvalue weighted by atomic mass is 9.93. The molecule has 3 nitrogen and oxygen atoms in total. The average Bonchev–Trinajstić information content (AvgIpc) is 2.59. The van der Waals surface area contributed by atoms with Gasteiger partial charge < -0.3 is 10.1 Å². The van der Waals surface area contributed by atoms with Gasteiger partial charge in [0.2, 0.25) is 0 Å². The van der Waals surface area contributed by atoms with Crippen LogP contribution in [0.2, 0.25) is 0 Å². The van der Waals surface area contributed by atoms with E-state index in [0.717, 1.165) is 5.56 Å². The molecule has 1 amide bonds. The van der Waals surface area contributed by atoms with Crippen LogP contribution in [-0.2, 0) is 0 Å². The molecule has 0 aliphatic rings. The Morgan fingerprint density at radius 1 is 0.962 bits per heavy atom. The van der Waals surface area contributed by atoms with Crippen LogP contribution in [0.25, 0.3) is 0 Å². The number of rotatable bonds is 7. The summed E-state index contributed by atoms with van der Waals surface area (Å²) in [5.74, 6) is 0.254. The molecule has 0 aliphatic carbocycles. The lowest BCUT2D eigenvalue weighted by molar-refractivity contribution is -0.0498. The van der Waals surface area contributed by atoms with Crippen molar-refractivity contribution in [2.75, 3.05) is 0 Å². The number of benzene rings is 2. The standard InChI is InChI=1S/C21H25F2NO2/c1-13(2)15-8-10-16(11-9-15)19(14(3)4)24-20(25)17-6-5-7-18(12-17)26-21(22)23/h5-14,19,21H,1-4H3,(H,24,25)/t19-/m0/s1. The van der Waals surface area contributed by atoms with Crippen molar-refractivity contribution in [3.63, 3.8) is 0 Å². The van der Waals surface area contributed by atoms with E-state index in [4.69, 9.17) is 0 Å². The zero-order valence-corrected chi connectivity index (χ0v) is 15.5. The van der Waals surface area contributed by atoms with E-state index in [-0.39, 0.29) is 29.2 Å².